The molecule has 6 heteroatoms. The normalized spacial score (nSPS) is 12.0. The van der Waals surface area contributed by atoms with Gasteiger partial charge in [-0.2, -0.15) is 0 Å². The average molecular weight is 381 g/mol. The largest absolute Gasteiger partial charge is 0.325 e. The standard InChI is InChI=1S/C21H24N4OS/c1-4-15-6-10-17(11-7-15)19-23-21(25-24-19)27-14(3)20(26)22-18-12-8-16(5-2)9-13-18/h6-14H,4-5H2,1-3H3,(H,22,26)(H,23,24,25)/t14-/m0/s1. The van der Waals surface area contributed by atoms with Crippen molar-refractivity contribution in [3.8, 4) is 11.4 Å². The minimum Gasteiger partial charge on any atom is -0.325 e. The molecule has 1 aromatic heterocycles. The molecule has 27 heavy (non-hydrogen) atoms. The van der Waals surface area contributed by atoms with E-state index in [0.29, 0.717) is 11.0 Å². The second kappa shape index (κ2) is 8.86. The summed E-state index contributed by atoms with van der Waals surface area (Å²) in [6.45, 7) is 6.09. The van der Waals surface area contributed by atoms with Crippen LogP contribution in [0.3, 0.4) is 0 Å². The highest BCUT2D eigenvalue weighted by molar-refractivity contribution is 8.00. The predicted molar refractivity (Wildman–Crippen MR) is 111 cm³/mol. The number of hydrogen-bond acceptors (Lipinski definition) is 4. The Morgan fingerprint density at radius 3 is 2.22 bits per heavy atom. The number of carbonyl (C=O) groups excluding carboxylic acids is 1. The molecule has 0 aliphatic heterocycles. The van der Waals surface area contributed by atoms with E-state index in [9.17, 15) is 4.79 Å². The molecule has 0 aliphatic carbocycles. The molecule has 3 rings (SSSR count). The van der Waals surface area contributed by atoms with Gasteiger partial charge in [-0.1, -0.05) is 62.0 Å². The molecule has 0 bridgehead atoms. The van der Waals surface area contributed by atoms with Gasteiger partial charge in [-0.05, 0) is 43.0 Å². The van der Waals surface area contributed by atoms with Crippen LogP contribution in [0.5, 0.6) is 0 Å². The van der Waals surface area contributed by atoms with Crippen LogP contribution < -0.4 is 5.32 Å². The fourth-order valence-corrected chi connectivity index (χ4v) is 3.33. The number of amides is 1. The minimum atomic E-state index is -0.304. The van der Waals surface area contributed by atoms with Gasteiger partial charge in [0.25, 0.3) is 0 Å². The van der Waals surface area contributed by atoms with Crippen molar-refractivity contribution in [3.63, 3.8) is 0 Å². The van der Waals surface area contributed by atoms with Crippen LogP contribution in [0.4, 0.5) is 5.69 Å². The van der Waals surface area contributed by atoms with Crippen LogP contribution in [0.1, 0.15) is 31.9 Å². The van der Waals surface area contributed by atoms with E-state index in [0.717, 1.165) is 24.1 Å². The topological polar surface area (TPSA) is 70.7 Å². The molecule has 1 amide bonds. The Morgan fingerprint density at radius 1 is 1.04 bits per heavy atom. The number of carbonyl (C=O) groups is 1. The number of H-pyrrole nitrogens is 1. The van der Waals surface area contributed by atoms with Crippen LogP contribution in [0.2, 0.25) is 0 Å². The summed E-state index contributed by atoms with van der Waals surface area (Å²) in [6, 6.07) is 16.2. The Kier molecular flexibility index (Phi) is 6.29. The van der Waals surface area contributed by atoms with E-state index in [1.807, 2.05) is 43.3 Å². The van der Waals surface area contributed by atoms with Crippen molar-refractivity contribution in [1.29, 1.82) is 0 Å². The van der Waals surface area contributed by atoms with E-state index in [1.165, 1.54) is 22.9 Å². The van der Waals surface area contributed by atoms with Gasteiger partial charge >= 0.3 is 0 Å². The highest BCUT2D eigenvalue weighted by atomic mass is 32.2. The summed E-state index contributed by atoms with van der Waals surface area (Å²) in [4.78, 5) is 16.9. The van der Waals surface area contributed by atoms with Gasteiger partial charge in [-0.15, -0.1) is 5.10 Å². The number of aromatic amines is 1. The number of aryl methyl sites for hydroxylation is 2. The summed E-state index contributed by atoms with van der Waals surface area (Å²) in [5.74, 6) is 0.644. The van der Waals surface area contributed by atoms with E-state index < -0.39 is 0 Å². The monoisotopic (exact) mass is 380 g/mol. The van der Waals surface area contributed by atoms with Crippen LogP contribution in [0, 0.1) is 0 Å². The summed E-state index contributed by atoms with van der Waals surface area (Å²) >= 11 is 1.34. The highest BCUT2D eigenvalue weighted by Gasteiger charge is 2.17. The van der Waals surface area contributed by atoms with Gasteiger partial charge in [0.1, 0.15) is 0 Å². The van der Waals surface area contributed by atoms with E-state index in [4.69, 9.17) is 0 Å². The molecule has 0 saturated heterocycles. The third kappa shape index (κ3) is 4.98. The molecule has 0 fully saturated rings. The van der Waals surface area contributed by atoms with Crippen molar-refractivity contribution < 1.29 is 4.79 Å². The molecule has 2 N–H and O–H groups in total. The lowest BCUT2D eigenvalue weighted by molar-refractivity contribution is -0.115. The van der Waals surface area contributed by atoms with E-state index in [-0.39, 0.29) is 11.2 Å². The molecule has 140 valence electrons. The number of benzene rings is 2. The summed E-state index contributed by atoms with van der Waals surface area (Å²) in [6.07, 6.45) is 1.99. The number of anilines is 1. The third-order valence-electron chi connectivity index (χ3n) is 4.38. The molecule has 0 unspecified atom stereocenters. The Bertz CT molecular complexity index is 887. The zero-order chi connectivity index (χ0) is 19.2. The van der Waals surface area contributed by atoms with Crippen molar-refractivity contribution in [1.82, 2.24) is 15.2 Å². The Balaban J connectivity index is 1.60. The lowest BCUT2D eigenvalue weighted by Gasteiger charge is -2.10. The molecular weight excluding hydrogens is 356 g/mol. The number of aromatic nitrogens is 3. The van der Waals surface area contributed by atoms with Crippen molar-refractivity contribution in [2.75, 3.05) is 5.32 Å². The second-order valence-electron chi connectivity index (χ2n) is 6.32. The van der Waals surface area contributed by atoms with Gasteiger partial charge in [0, 0.05) is 11.3 Å². The summed E-state index contributed by atoms with van der Waals surface area (Å²) in [5, 5.41) is 10.4. The number of nitrogens with zero attached hydrogens (tertiary/aromatic N) is 2. The zero-order valence-corrected chi connectivity index (χ0v) is 16.6. The van der Waals surface area contributed by atoms with Crippen molar-refractivity contribution in [2.24, 2.45) is 0 Å². The van der Waals surface area contributed by atoms with Crippen molar-refractivity contribution in [2.45, 2.75) is 44.0 Å². The van der Waals surface area contributed by atoms with Gasteiger partial charge in [-0.25, -0.2) is 4.98 Å². The van der Waals surface area contributed by atoms with Gasteiger partial charge in [0.05, 0.1) is 5.25 Å². The fraction of sp³-hybridized carbons (Fsp3) is 0.286. The molecular formula is C21H24N4OS. The quantitative estimate of drug-likeness (QED) is 0.582. The maximum absolute atomic E-state index is 12.4. The summed E-state index contributed by atoms with van der Waals surface area (Å²) < 4.78 is 0. The zero-order valence-electron chi connectivity index (χ0n) is 15.8. The number of rotatable bonds is 7. The van der Waals surface area contributed by atoms with Gasteiger partial charge in [0.15, 0.2) is 5.82 Å². The first kappa shape index (κ1) is 19.2. The lowest BCUT2D eigenvalue weighted by atomic mass is 10.1. The fourth-order valence-electron chi connectivity index (χ4n) is 2.61. The van der Waals surface area contributed by atoms with Gasteiger partial charge in [0.2, 0.25) is 11.1 Å². The number of hydrogen-bond donors (Lipinski definition) is 2. The minimum absolute atomic E-state index is 0.0668. The molecule has 3 aromatic rings. The smallest absolute Gasteiger partial charge is 0.237 e. The lowest BCUT2D eigenvalue weighted by Crippen LogP contribution is -2.22. The van der Waals surface area contributed by atoms with E-state index in [2.05, 4.69) is 46.5 Å². The maximum atomic E-state index is 12.4. The first-order chi connectivity index (χ1) is 13.1. The van der Waals surface area contributed by atoms with E-state index >= 15 is 0 Å². The van der Waals surface area contributed by atoms with Crippen LogP contribution in [0.25, 0.3) is 11.4 Å². The SMILES string of the molecule is CCc1ccc(NC(=O)[C@H](C)Sc2n[nH]c(-c3ccc(CC)cc3)n2)cc1. The van der Waals surface area contributed by atoms with Crippen LogP contribution in [-0.4, -0.2) is 26.3 Å². The van der Waals surface area contributed by atoms with E-state index in [1.54, 1.807) is 0 Å². The van der Waals surface area contributed by atoms with Gasteiger partial charge < -0.3 is 5.32 Å². The summed E-state index contributed by atoms with van der Waals surface area (Å²) in [5.41, 5.74) is 4.32. The molecule has 0 aliphatic rings. The van der Waals surface area contributed by atoms with Crippen LogP contribution >= 0.6 is 11.8 Å². The first-order valence-corrected chi connectivity index (χ1v) is 10.0. The highest BCUT2D eigenvalue weighted by Crippen LogP contribution is 2.24. The molecule has 1 heterocycles. The Labute approximate surface area is 164 Å². The molecule has 1 atom stereocenters. The van der Waals surface area contributed by atoms with Crippen LogP contribution in [-0.2, 0) is 17.6 Å². The van der Waals surface area contributed by atoms with Crippen molar-refractivity contribution >= 4 is 23.4 Å². The molecule has 0 spiro atoms. The Hall–Kier alpha value is -2.60. The molecule has 5 nitrogen and oxygen atoms in total. The predicted octanol–water partition coefficient (Wildman–Crippen LogP) is 4.72. The molecule has 0 saturated carbocycles. The summed E-state index contributed by atoms with van der Waals surface area (Å²) in [7, 11) is 0. The van der Waals surface area contributed by atoms with Gasteiger partial charge in [-0.3, -0.25) is 9.89 Å². The number of nitrogens with one attached hydrogen (secondary N) is 2. The second-order valence-corrected chi connectivity index (χ2v) is 7.62. The average Bonchev–Trinajstić information content (AvgIpc) is 3.17. The Morgan fingerprint density at radius 2 is 1.63 bits per heavy atom. The molecule has 0 radical (unpaired) electrons. The third-order valence-corrected chi connectivity index (χ3v) is 5.34. The number of thioether (sulfide) groups is 1. The van der Waals surface area contributed by atoms with Crippen molar-refractivity contribution in [3.05, 3.63) is 59.7 Å². The maximum Gasteiger partial charge on any atom is 0.237 e. The molecule has 2 aromatic carbocycles. The van der Waals surface area contributed by atoms with Crippen LogP contribution in [0.15, 0.2) is 53.7 Å². The first-order valence-electron chi connectivity index (χ1n) is 9.17.